The molecule has 0 aliphatic heterocycles. The van der Waals surface area contributed by atoms with E-state index in [9.17, 15) is 10.1 Å². The number of anilines is 2. The fourth-order valence-corrected chi connectivity index (χ4v) is 1.89. The minimum absolute atomic E-state index is 0.0909. The smallest absolute Gasteiger partial charge is 0.332 e. The Kier molecular flexibility index (Phi) is 6.80. The average molecular weight is 297 g/mol. The molecule has 0 radical (unpaired) electrons. The van der Waals surface area contributed by atoms with Gasteiger partial charge in [-0.05, 0) is 32.6 Å². The maximum Gasteiger partial charge on any atom is 0.332 e. The minimum Gasteiger partial charge on any atom is -0.396 e. The normalized spacial score (nSPS) is 12.0. The van der Waals surface area contributed by atoms with Crippen LogP contribution in [0.2, 0.25) is 0 Å². The van der Waals surface area contributed by atoms with E-state index in [0.29, 0.717) is 24.7 Å². The third-order valence-corrected chi connectivity index (χ3v) is 3.05. The van der Waals surface area contributed by atoms with E-state index in [1.54, 1.807) is 6.92 Å². The number of nitro groups is 1. The lowest BCUT2D eigenvalue weighted by Crippen LogP contribution is -2.12. The number of aromatic nitrogens is 2. The quantitative estimate of drug-likeness (QED) is 0.362. The van der Waals surface area contributed by atoms with Crippen LogP contribution in [0.15, 0.2) is 0 Å². The molecular formula is C13H23N5O3. The van der Waals surface area contributed by atoms with Gasteiger partial charge in [-0.25, -0.2) is 4.98 Å². The van der Waals surface area contributed by atoms with E-state index in [1.165, 1.54) is 0 Å². The van der Waals surface area contributed by atoms with E-state index in [1.807, 2.05) is 13.8 Å². The first-order valence-corrected chi connectivity index (χ1v) is 7.11. The number of aliphatic hydroxyl groups is 1. The van der Waals surface area contributed by atoms with E-state index in [2.05, 4.69) is 20.6 Å². The predicted octanol–water partition coefficient (Wildman–Crippen LogP) is 1.95. The zero-order valence-corrected chi connectivity index (χ0v) is 12.7. The van der Waals surface area contributed by atoms with Crippen molar-refractivity contribution in [3.8, 4) is 0 Å². The summed E-state index contributed by atoms with van der Waals surface area (Å²) in [4.78, 5) is 18.9. The largest absolute Gasteiger partial charge is 0.396 e. The van der Waals surface area contributed by atoms with Gasteiger partial charge in [0.05, 0.1) is 4.92 Å². The van der Waals surface area contributed by atoms with Gasteiger partial charge in [-0.1, -0.05) is 6.92 Å². The van der Waals surface area contributed by atoms with Gasteiger partial charge in [-0.3, -0.25) is 10.1 Å². The Bertz CT molecular complexity index is 481. The second-order valence-electron chi connectivity index (χ2n) is 4.97. The number of hydrogen-bond donors (Lipinski definition) is 3. The van der Waals surface area contributed by atoms with Crippen molar-refractivity contribution in [1.82, 2.24) is 9.97 Å². The van der Waals surface area contributed by atoms with Gasteiger partial charge >= 0.3 is 5.69 Å². The molecular weight excluding hydrogens is 274 g/mol. The standard InChI is InChI=1S/C13H23N5O3/c1-4-14-13-16-10(3)11(18(20)21)12(17-13)15-7-5-6-9(2)8-19/h9,19H,4-8H2,1-3H3,(H2,14,15,16,17). The summed E-state index contributed by atoms with van der Waals surface area (Å²) in [5.74, 6) is 0.846. The van der Waals surface area contributed by atoms with Crippen molar-refractivity contribution in [2.24, 2.45) is 5.92 Å². The maximum atomic E-state index is 11.1. The lowest BCUT2D eigenvalue weighted by Gasteiger charge is -2.11. The molecule has 0 saturated carbocycles. The van der Waals surface area contributed by atoms with Gasteiger partial charge in [-0.2, -0.15) is 4.98 Å². The van der Waals surface area contributed by atoms with E-state index < -0.39 is 4.92 Å². The molecule has 1 unspecified atom stereocenters. The Morgan fingerprint density at radius 1 is 1.38 bits per heavy atom. The van der Waals surface area contributed by atoms with Crippen LogP contribution in [0.5, 0.6) is 0 Å². The summed E-state index contributed by atoms with van der Waals surface area (Å²) in [5.41, 5.74) is 0.240. The molecule has 0 aromatic carbocycles. The summed E-state index contributed by atoms with van der Waals surface area (Å²) in [7, 11) is 0. The van der Waals surface area contributed by atoms with Crippen molar-refractivity contribution in [3.05, 3.63) is 15.8 Å². The molecule has 3 N–H and O–H groups in total. The zero-order chi connectivity index (χ0) is 15.8. The summed E-state index contributed by atoms with van der Waals surface area (Å²) in [5, 5.41) is 26.0. The van der Waals surface area contributed by atoms with E-state index in [4.69, 9.17) is 5.11 Å². The molecule has 21 heavy (non-hydrogen) atoms. The van der Waals surface area contributed by atoms with Crippen LogP contribution in [0.3, 0.4) is 0 Å². The highest BCUT2D eigenvalue weighted by Crippen LogP contribution is 2.26. The number of hydrogen-bond acceptors (Lipinski definition) is 7. The average Bonchev–Trinajstić information content (AvgIpc) is 2.42. The topological polar surface area (TPSA) is 113 Å². The van der Waals surface area contributed by atoms with Gasteiger partial charge in [0, 0.05) is 19.7 Å². The van der Waals surface area contributed by atoms with Crippen LogP contribution < -0.4 is 10.6 Å². The molecule has 1 heterocycles. The first-order valence-electron chi connectivity index (χ1n) is 7.11. The second-order valence-corrected chi connectivity index (χ2v) is 4.97. The second kappa shape index (κ2) is 8.35. The van der Waals surface area contributed by atoms with E-state index >= 15 is 0 Å². The van der Waals surface area contributed by atoms with Gasteiger partial charge in [0.25, 0.3) is 0 Å². The number of rotatable bonds is 9. The van der Waals surface area contributed by atoms with Gasteiger partial charge in [-0.15, -0.1) is 0 Å². The molecule has 8 heteroatoms. The Morgan fingerprint density at radius 3 is 2.67 bits per heavy atom. The lowest BCUT2D eigenvalue weighted by atomic mass is 10.1. The Labute approximate surface area is 124 Å². The van der Waals surface area contributed by atoms with Crippen LogP contribution >= 0.6 is 0 Å². The molecule has 1 atom stereocenters. The third-order valence-electron chi connectivity index (χ3n) is 3.05. The lowest BCUT2D eigenvalue weighted by molar-refractivity contribution is -0.385. The van der Waals surface area contributed by atoms with Crippen molar-refractivity contribution in [2.75, 3.05) is 30.3 Å². The summed E-state index contributed by atoms with van der Waals surface area (Å²) in [6.07, 6.45) is 1.65. The maximum absolute atomic E-state index is 11.1. The van der Waals surface area contributed by atoms with Crippen molar-refractivity contribution < 1.29 is 10.0 Å². The van der Waals surface area contributed by atoms with Gasteiger partial charge in [0.2, 0.25) is 11.8 Å². The van der Waals surface area contributed by atoms with Crippen LogP contribution in [-0.2, 0) is 0 Å². The molecule has 0 aliphatic rings. The zero-order valence-electron chi connectivity index (χ0n) is 12.7. The summed E-state index contributed by atoms with van der Waals surface area (Å²) in [6.45, 7) is 6.82. The summed E-state index contributed by atoms with van der Waals surface area (Å²) >= 11 is 0. The number of nitrogens with one attached hydrogen (secondary N) is 2. The summed E-state index contributed by atoms with van der Waals surface area (Å²) in [6, 6.07) is 0. The fourth-order valence-electron chi connectivity index (χ4n) is 1.89. The Morgan fingerprint density at radius 2 is 2.10 bits per heavy atom. The van der Waals surface area contributed by atoms with Gasteiger partial charge in [0.15, 0.2) is 0 Å². The van der Waals surface area contributed by atoms with Crippen molar-refractivity contribution in [1.29, 1.82) is 0 Å². The third kappa shape index (κ3) is 5.14. The number of aryl methyl sites for hydroxylation is 1. The number of nitrogens with zero attached hydrogens (tertiary/aromatic N) is 3. The van der Waals surface area contributed by atoms with Gasteiger partial charge in [0.1, 0.15) is 5.69 Å². The van der Waals surface area contributed by atoms with Crippen LogP contribution in [0, 0.1) is 23.0 Å². The molecule has 1 aromatic heterocycles. The Balaban J connectivity index is 2.79. The fraction of sp³-hybridized carbons (Fsp3) is 0.692. The van der Waals surface area contributed by atoms with E-state index in [0.717, 1.165) is 12.8 Å². The molecule has 1 aromatic rings. The van der Waals surface area contributed by atoms with Crippen LogP contribution in [0.4, 0.5) is 17.5 Å². The molecule has 0 amide bonds. The highest BCUT2D eigenvalue weighted by atomic mass is 16.6. The molecule has 118 valence electrons. The predicted molar refractivity (Wildman–Crippen MR) is 81.6 cm³/mol. The first-order chi connectivity index (χ1) is 9.99. The highest BCUT2D eigenvalue weighted by molar-refractivity contribution is 5.60. The molecule has 8 nitrogen and oxygen atoms in total. The molecule has 0 bridgehead atoms. The summed E-state index contributed by atoms with van der Waals surface area (Å²) < 4.78 is 0. The number of aliphatic hydroxyl groups excluding tert-OH is 1. The van der Waals surface area contributed by atoms with Crippen molar-refractivity contribution in [2.45, 2.75) is 33.6 Å². The Hall–Kier alpha value is -1.96. The van der Waals surface area contributed by atoms with E-state index in [-0.39, 0.29) is 24.0 Å². The van der Waals surface area contributed by atoms with Crippen molar-refractivity contribution >= 4 is 17.5 Å². The van der Waals surface area contributed by atoms with Crippen LogP contribution in [0.25, 0.3) is 0 Å². The molecule has 0 saturated heterocycles. The molecule has 0 fully saturated rings. The minimum atomic E-state index is -0.469. The molecule has 1 rings (SSSR count). The van der Waals surface area contributed by atoms with Gasteiger partial charge < -0.3 is 15.7 Å². The van der Waals surface area contributed by atoms with Crippen LogP contribution in [0.1, 0.15) is 32.4 Å². The first kappa shape index (κ1) is 17.1. The molecule has 0 aliphatic carbocycles. The SMILES string of the molecule is CCNc1nc(C)c([N+](=O)[O-])c(NCCCC(C)CO)n1. The van der Waals surface area contributed by atoms with Crippen molar-refractivity contribution in [3.63, 3.8) is 0 Å². The highest BCUT2D eigenvalue weighted by Gasteiger charge is 2.21. The molecule has 0 spiro atoms. The monoisotopic (exact) mass is 297 g/mol. The van der Waals surface area contributed by atoms with Crippen LogP contribution in [-0.4, -0.2) is 39.7 Å².